The second-order valence-electron chi connectivity index (χ2n) is 11.0. The fourth-order valence-corrected chi connectivity index (χ4v) is 9.52. The molecule has 8 atom stereocenters. The van der Waals surface area contributed by atoms with E-state index < -0.39 is 12.6 Å². The zero-order valence-electron chi connectivity index (χ0n) is 22.8. The first-order valence-electron chi connectivity index (χ1n) is 14.5. The van der Waals surface area contributed by atoms with Gasteiger partial charge in [0.15, 0.2) is 0 Å². The van der Waals surface area contributed by atoms with Gasteiger partial charge in [-0.15, -0.1) is 0 Å². The molecule has 0 amide bonds. The van der Waals surface area contributed by atoms with Crippen molar-refractivity contribution in [1.29, 1.82) is 0 Å². The first kappa shape index (κ1) is 26.8. The Balaban J connectivity index is 1.15. The first-order valence-corrected chi connectivity index (χ1v) is 16.4. The van der Waals surface area contributed by atoms with Crippen LogP contribution < -0.4 is 4.46 Å². The van der Waals surface area contributed by atoms with Gasteiger partial charge in [-0.2, -0.15) is 0 Å². The Morgan fingerprint density at radius 2 is 1.30 bits per heavy atom. The van der Waals surface area contributed by atoms with Crippen LogP contribution in [0.25, 0.3) is 0 Å². The van der Waals surface area contributed by atoms with E-state index in [1.54, 1.807) is 0 Å². The van der Waals surface area contributed by atoms with Crippen LogP contribution in [0.4, 0.5) is 0 Å². The normalized spacial score (nSPS) is 33.9. The molecule has 0 N–H and O–H groups in total. The van der Waals surface area contributed by atoms with Crippen LogP contribution in [-0.4, -0.2) is 70.1 Å². The molecule has 0 saturated carbocycles. The predicted octanol–water partition coefficient (Wildman–Crippen LogP) is 4.78. The van der Waals surface area contributed by atoms with Crippen LogP contribution >= 0.6 is 0 Å². The molecule has 0 radical (unpaired) electrons. The fraction of sp³-hybridized carbons (Fsp3) is 0.455. The van der Waals surface area contributed by atoms with E-state index in [1.165, 1.54) is 10.0 Å². The number of rotatable bonds is 7. The van der Waals surface area contributed by atoms with Gasteiger partial charge in [0.05, 0.1) is 0 Å². The van der Waals surface area contributed by atoms with Gasteiger partial charge < -0.3 is 0 Å². The molecule has 4 saturated heterocycles. The van der Waals surface area contributed by atoms with E-state index in [2.05, 4.69) is 60.4 Å². The molecule has 0 spiro atoms. The van der Waals surface area contributed by atoms with Gasteiger partial charge in [0, 0.05) is 0 Å². The fourth-order valence-electron chi connectivity index (χ4n) is 6.57. The molecule has 0 bridgehead atoms. The van der Waals surface area contributed by atoms with Crippen LogP contribution in [0, 0.1) is 0 Å². The molecule has 3 aromatic rings. The van der Waals surface area contributed by atoms with Crippen LogP contribution in [0.15, 0.2) is 84.9 Å². The molecule has 4 heterocycles. The van der Waals surface area contributed by atoms with E-state index in [1.807, 2.05) is 36.4 Å². The molecule has 6 nitrogen and oxygen atoms in total. The summed E-state index contributed by atoms with van der Waals surface area (Å²) in [5, 5.41) is 0. The maximum atomic E-state index is 6.73. The van der Waals surface area contributed by atoms with Gasteiger partial charge in [0.25, 0.3) is 0 Å². The maximum absolute atomic E-state index is 6.73. The Kier molecular flexibility index (Phi) is 8.07. The average Bonchev–Trinajstić information content (AvgIpc) is 3.60. The van der Waals surface area contributed by atoms with Crippen LogP contribution in [0.1, 0.15) is 49.0 Å². The predicted molar refractivity (Wildman–Crippen MR) is 153 cm³/mol. The molecule has 4 aliphatic heterocycles. The van der Waals surface area contributed by atoms with Crippen molar-refractivity contribution in [1.82, 2.24) is 4.90 Å². The Hall–Kier alpha value is -2.06. The van der Waals surface area contributed by atoms with Crippen molar-refractivity contribution in [3.63, 3.8) is 0 Å². The Bertz CT molecular complexity index is 1200. The van der Waals surface area contributed by atoms with Crippen molar-refractivity contribution in [3.8, 4) is 0 Å². The third kappa shape index (κ3) is 5.31. The van der Waals surface area contributed by atoms with E-state index in [9.17, 15) is 0 Å². The summed E-state index contributed by atoms with van der Waals surface area (Å²) in [5.41, 5.74) is 3.47. The third-order valence-electron chi connectivity index (χ3n) is 8.63. The van der Waals surface area contributed by atoms with Crippen molar-refractivity contribution >= 4 is 19.4 Å². The summed E-state index contributed by atoms with van der Waals surface area (Å²) in [6.07, 6.45) is 1.63. The van der Waals surface area contributed by atoms with Crippen LogP contribution in [0.5, 0.6) is 0 Å². The van der Waals surface area contributed by atoms with Crippen LogP contribution in [-0.2, 0) is 30.2 Å². The Labute approximate surface area is 243 Å². The summed E-state index contributed by atoms with van der Waals surface area (Å²) in [5.74, 6) is 0. The van der Waals surface area contributed by atoms with Crippen molar-refractivity contribution < 1.29 is 23.7 Å². The summed E-state index contributed by atoms with van der Waals surface area (Å²) in [4.78, 5) is 3.17. The SMILES string of the molecule is CC[C@@H]1OCC[C@@H]1[Se]c1ccccc1CN1[C@H]2CO[C@@H](c3ccccc3)O[C@H]2[C@@H]2O[C@H](c3ccccc3)OC[C@@H]21. The zero-order chi connectivity index (χ0) is 26.9. The van der Waals surface area contributed by atoms with Gasteiger partial charge in [-0.05, 0) is 0 Å². The van der Waals surface area contributed by atoms with Crippen LogP contribution in [0.3, 0.4) is 0 Å². The number of benzene rings is 3. The van der Waals surface area contributed by atoms with Gasteiger partial charge in [0.1, 0.15) is 0 Å². The molecule has 0 unspecified atom stereocenters. The quantitative estimate of drug-likeness (QED) is 0.361. The molecule has 7 rings (SSSR count). The number of likely N-dealkylation sites (tertiary alicyclic amines) is 1. The average molecular weight is 607 g/mol. The number of nitrogens with zero attached hydrogens (tertiary/aromatic N) is 1. The van der Waals surface area contributed by atoms with E-state index in [-0.39, 0.29) is 24.3 Å². The van der Waals surface area contributed by atoms with Crippen molar-refractivity contribution in [2.24, 2.45) is 0 Å². The Morgan fingerprint density at radius 3 is 1.90 bits per heavy atom. The number of ether oxygens (including phenoxy) is 5. The van der Waals surface area contributed by atoms with Crippen LogP contribution in [0.2, 0.25) is 4.82 Å². The molecule has 210 valence electrons. The van der Waals surface area contributed by atoms with Gasteiger partial charge >= 0.3 is 244 Å². The molecule has 4 fully saturated rings. The zero-order valence-corrected chi connectivity index (χ0v) is 24.6. The number of fused-ring (bicyclic) bond motifs is 3. The third-order valence-corrected chi connectivity index (χ3v) is 11.8. The molecular formula is C33H37NO5Se. The van der Waals surface area contributed by atoms with Gasteiger partial charge in [-0.25, -0.2) is 0 Å². The second kappa shape index (κ2) is 12.0. The van der Waals surface area contributed by atoms with Gasteiger partial charge in [-0.1, -0.05) is 0 Å². The van der Waals surface area contributed by atoms with E-state index in [0.29, 0.717) is 39.1 Å². The van der Waals surface area contributed by atoms with E-state index >= 15 is 0 Å². The molecule has 7 heteroatoms. The number of hydrogen-bond acceptors (Lipinski definition) is 6. The van der Waals surface area contributed by atoms with Crippen molar-refractivity contribution in [2.45, 2.75) is 74.1 Å². The molecule has 4 aliphatic rings. The summed E-state index contributed by atoms with van der Waals surface area (Å²) in [7, 11) is 0. The summed E-state index contributed by atoms with van der Waals surface area (Å²) >= 11 is 0.363. The first-order chi connectivity index (χ1) is 19.8. The van der Waals surface area contributed by atoms with E-state index in [4.69, 9.17) is 23.7 Å². The topological polar surface area (TPSA) is 49.4 Å². The summed E-state index contributed by atoms with van der Waals surface area (Å²) < 4.78 is 33.7. The molecular weight excluding hydrogens is 569 g/mol. The Morgan fingerprint density at radius 1 is 0.725 bits per heavy atom. The minimum atomic E-state index is -0.395. The second-order valence-corrected chi connectivity index (χ2v) is 13.7. The van der Waals surface area contributed by atoms with Crippen molar-refractivity contribution in [2.75, 3.05) is 19.8 Å². The molecule has 0 aliphatic carbocycles. The monoisotopic (exact) mass is 607 g/mol. The summed E-state index contributed by atoms with van der Waals surface area (Å²) in [6.45, 7) is 5.15. The van der Waals surface area contributed by atoms with Gasteiger partial charge in [-0.3, -0.25) is 0 Å². The van der Waals surface area contributed by atoms with Gasteiger partial charge in [0.2, 0.25) is 0 Å². The molecule has 40 heavy (non-hydrogen) atoms. The minimum absolute atomic E-state index is 0.0897. The number of hydrogen-bond donors (Lipinski definition) is 0. The standard InChI is InChI=1S/C33H37NO5Se/c1-2-27-29(17-18-35-27)40-28-16-10-9-15-24(28)19-34-25-20-36-32(22-11-5-3-6-12-22)38-30(25)31-26(34)21-37-33(39-31)23-13-7-4-8-14-23/h3-16,25-27,29-33H,2,17-21H2,1H3/t25-,26-,27-,29-,30+,31+,32+,33+/m0/s1. The molecule has 0 aromatic heterocycles. The van der Waals surface area contributed by atoms with E-state index in [0.717, 1.165) is 37.1 Å². The molecule has 3 aromatic carbocycles. The van der Waals surface area contributed by atoms with Crippen molar-refractivity contribution in [3.05, 3.63) is 102 Å². The summed E-state index contributed by atoms with van der Waals surface area (Å²) in [6, 6.07) is 29.6.